The van der Waals surface area contributed by atoms with Crippen molar-refractivity contribution in [3.05, 3.63) is 29.4 Å². The van der Waals surface area contributed by atoms with E-state index in [1.165, 1.54) is 12.8 Å². The standard InChI is InChI=1S/C18H27N7O/c1-13-20-21-17-12-25(15(10-22(2)3)11-24(13)17)18(26)8-14-9-23-7-5-4-6-16(23)19-14/h9,15H,4-8,10-12H2,1-3H3. The summed E-state index contributed by atoms with van der Waals surface area (Å²) < 4.78 is 4.34. The summed E-state index contributed by atoms with van der Waals surface area (Å²) in [6.45, 7) is 5.08. The first kappa shape index (κ1) is 17.2. The quantitative estimate of drug-likeness (QED) is 0.803. The van der Waals surface area contributed by atoms with Crippen molar-refractivity contribution in [3.8, 4) is 0 Å². The summed E-state index contributed by atoms with van der Waals surface area (Å²) in [5.41, 5.74) is 0.888. The summed E-state index contributed by atoms with van der Waals surface area (Å²) in [6.07, 6.45) is 5.82. The van der Waals surface area contributed by atoms with Gasteiger partial charge in [0.1, 0.15) is 11.6 Å². The van der Waals surface area contributed by atoms with E-state index in [4.69, 9.17) is 4.98 Å². The van der Waals surface area contributed by atoms with E-state index < -0.39 is 0 Å². The van der Waals surface area contributed by atoms with Crippen LogP contribution in [0.15, 0.2) is 6.20 Å². The van der Waals surface area contributed by atoms with Crippen molar-refractivity contribution in [2.24, 2.45) is 0 Å². The maximum absolute atomic E-state index is 13.1. The predicted octanol–water partition coefficient (Wildman–Crippen LogP) is 0.634. The second-order valence-corrected chi connectivity index (χ2v) is 7.69. The minimum absolute atomic E-state index is 0.122. The molecule has 0 fully saturated rings. The zero-order chi connectivity index (χ0) is 18.3. The third kappa shape index (κ3) is 3.25. The summed E-state index contributed by atoms with van der Waals surface area (Å²) in [6, 6.07) is 0.122. The molecule has 0 saturated carbocycles. The molecule has 0 aromatic carbocycles. The molecule has 0 radical (unpaired) electrons. The monoisotopic (exact) mass is 357 g/mol. The summed E-state index contributed by atoms with van der Waals surface area (Å²) >= 11 is 0. The molecule has 4 rings (SSSR count). The lowest BCUT2D eigenvalue weighted by molar-refractivity contribution is -0.135. The van der Waals surface area contributed by atoms with Crippen molar-refractivity contribution in [1.29, 1.82) is 0 Å². The lowest BCUT2D eigenvalue weighted by Crippen LogP contribution is -2.51. The van der Waals surface area contributed by atoms with E-state index in [0.717, 1.165) is 49.2 Å². The average Bonchev–Trinajstić information content (AvgIpc) is 3.16. The van der Waals surface area contributed by atoms with Gasteiger partial charge in [-0.05, 0) is 33.9 Å². The Hall–Kier alpha value is -2.22. The third-order valence-corrected chi connectivity index (χ3v) is 5.35. The van der Waals surface area contributed by atoms with E-state index in [1.54, 1.807) is 0 Å². The van der Waals surface area contributed by atoms with Gasteiger partial charge in [-0.2, -0.15) is 0 Å². The molecule has 1 amide bonds. The van der Waals surface area contributed by atoms with Crippen LogP contribution in [-0.2, 0) is 37.3 Å². The van der Waals surface area contributed by atoms with E-state index in [0.29, 0.717) is 13.0 Å². The van der Waals surface area contributed by atoms with E-state index in [2.05, 4.69) is 30.4 Å². The highest BCUT2D eigenvalue weighted by atomic mass is 16.2. The molecule has 1 unspecified atom stereocenters. The highest BCUT2D eigenvalue weighted by molar-refractivity contribution is 5.78. The Bertz CT molecular complexity index is 783. The summed E-state index contributed by atoms with van der Waals surface area (Å²) in [5, 5.41) is 8.43. The number of nitrogens with zero attached hydrogens (tertiary/aromatic N) is 7. The topological polar surface area (TPSA) is 72.1 Å². The molecule has 8 heteroatoms. The van der Waals surface area contributed by atoms with Gasteiger partial charge in [0.2, 0.25) is 5.91 Å². The number of rotatable bonds is 4. The van der Waals surface area contributed by atoms with Gasteiger partial charge in [0.25, 0.3) is 0 Å². The second kappa shape index (κ2) is 6.83. The number of imidazole rings is 1. The minimum atomic E-state index is 0.122. The Morgan fingerprint density at radius 3 is 2.88 bits per heavy atom. The average molecular weight is 357 g/mol. The lowest BCUT2D eigenvalue weighted by Gasteiger charge is -2.37. The fourth-order valence-electron chi connectivity index (χ4n) is 4.05. The third-order valence-electron chi connectivity index (χ3n) is 5.35. The normalized spacial score (nSPS) is 19.5. The molecule has 8 nitrogen and oxygen atoms in total. The van der Waals surface area contributed by atoms with Gasteiger partial charge in [0.15, 0.2) is 5.82 Å². The highest BCUT2D eigenvalue weighted by Gasteiger charge is 2.32. The number of aryl methyl sites for hydroxylation is 3. The molecule has 0 N–H and O–H groups in total. The molecule has 1 atom stereocenters. The van der Waals surface area contributed by atoms with Crippen LogP contribution in [0.25, 0.3) is 0 Å². The zero-order valence-electron chi connectivity index (χ0n) is 15.9. The van der Waals surface area contributed by atoms with Crippen LogP contribution in [0.3, 0.4) is 0 Å². The van der Waals surface area contributed by atoms with Crippen LogP contribution < -0.4 is 0 Å². The number of carbonyl (C=O) groups excluding carboxylic acids is 1. The molecule has 4 heterocycles. The van der Waals surface area contributed by atoms with Gasteiger partial charge in [-0.25, -0.2) is 4.98 Å². The van der Waals surface area contributed by atoms with Crippen LogP contribution >= 0.6 is 0 Å². The molecule has 0 aliphatic carbocycles. The van der Waals surface area contributed by atoms with Gasteiger partial charge in [-0.15, -0.1) is 10.2 Å². The van der Waals surface area contributed by atoms with Gasteiger partial charge < -0.3 is 18.9 Å². The SMILES string of the molecule is Cc1nnc2n1CC(CN(C)C)N(C(=O)Cc1cn3c(n1)CCCC3)C2. The van der Waals surface area contributed by atoms with E-state index in [1.807, 2.05) is 25.9 Å². The Morgan fingerprint density at radius 2 is 2.12 bits per heavy atom. The van der Waals surface area contributed by atoms with Crippen LogP contribution in [0.5, 0.6) is 0 Å². The molecule has 2 aromatic rings. The molecule has 2 aliphatic rings. The lowest BCUT2D eigenvalue weighted by atomic mass is 10.1. The minimum Gasteiger partial charge on any atom is -0.335 e. The smallest absolute Gasteiger partial charge is 0.229 e. The highest BCUT2D eigenvalue weighted by Crippen LogP contribution is 2.20. The first-order valence-electron chi connectivity index (χ1n) is 9.39. The largest absolute Gasteiger partial charge is 0.335 e. The van der Waals surface area contributed by atoms with Crippen LogP contribution in [0, 0.1) is 6.92 Å². The summed E-state index contributed by atoms with van der Waals surface area (Å²) in [4.78, 5) is 21.9. The molecule has 0 bridgehead atoms. The Labute approximate surface area is 153 Å². The van der Waals surface area contributed by atoms with Crippen LogP contribution in [0.2, 0.25) is 0 Å². The van der Waals surface area contributed by atoms with Gasteiger partial charge in [-0.3, -0.25) is 4.79 Å². The number of hydrogen-bond acceptors (Lipinski definition) is 5. The Kier molecular flexibility index (Phi) is 4.52. The van der Waals surface area contributed by atoms with Crippen molar-refractivity contribution in [1.82, 2.24) is 34.1 Å². The Balaban J connectivity index is 1.53. The number of likely N-dealkylation sites (N-methyl/N-ethyl adjacent to an activating group) is 1. The molecule has 140 valence electrons. The second-order valence-electron chi connectivity index (χ2n) is 7.69. The molecular formula is C18H27N7O. The number of carbonyl (C=O) groups is 1. The van der Waals surface area contributed by atoms with Crippen LogP contribution in [-0.4, -0.2) is 66.7 Å². The van der Waals surface area contributed by atoms with Crippen molar-refractivity contribution in [2.45, 2.75) is 58.3 Å². The van der Waals surface area contributed by atoms with E-state index in [-0.39, 0.29) is 11.9 Å². The molecule has 0 spiro atoms. The molecule has 2 aliphatic heterocycles. The van der Waals surface area contributed by atoms with Crippen molar-refractivity contribution in [2.75, 3.05) is 20.6 Å². The fraction of sp³-hybridized carbons (Fsp3) is 0.667. The number of aromatic nitrogens is 5. The van der Waals surface area contributed by atoms with Gasteiger partial charge >= 0.3 is 0 Å². The molecular weight excluding hydrogens is 330 g/mol. The summed E-state index contributed by atoms with van der Waals surface area (Å²) in [7, 11) is 4.08. The van der Waals surface area contributed by atoms with Crippen molar-refractivity contribution >= 4 is 5.91 Å². The molecule has 2 aromatic heterocycles. The first-order chi connectivity index (χ1) is 12.5. The molecule has 0 saturated heterocycles. The Morgan fingerprint density at radius 1 is 1.27 bits per heavy atom. The van der Waals surface area contributed by atoms with Gasteiger partial charge in [0, 0.05) is 32.3 Å². The maximum atomic E-state index is 13.1. The predicted molar refractivity (Wildman–Crippen MR) is 96.5 cm³/mol. The first-order valence-corrected chi connectivity index (χ1v) is 9.39. The molecule has 26 heavy (non-hydrogen) atoms. The van der Waals surface area contributed by atoms with Gasteiger partial charge in [-0.1, -0.05) is 0 Å². The van der Waals surface area contributed by atoms with E-state index >= 15 is 0 Å². The number of amides is 1. The fourth-order valence-corrected chi connectivity index (χ4v) is 4.05. The van der Waals surface area contributed by atoms with Gasteiger partial charge in [0.05, 0.1) is 24.7 Å². The number of hydrogen-bond donors (Lipinski definition) is 0. The van der Waals surface area contributed by atoms with E-state index in [9.17, 15) is 4.79 Å². The van der Waals surface area contributed by atoms with Crippen molar-refractivity contribution < 1.29 is 4.79 Å². The van der Waals surface area contributed by atoms with Crippen molar-refractivity contribution in [3.63, 3.8) is 0 Å². The zero-order valence-corrected chi connectivity index (χ0v) is 15.9. The maximum Gasteiger partial charge on any atom is 0.229 e. The van der Waals surface area contributed by atoms with Crippen LogP contribution in [0.1, 0.15) is 36.0 Å². The van der Waals surface area contributed by atoms with Crippen LogP contribution in [0.4, 0.5) is 0 Å². The number of fused-ring (bicyclic) bond motifs is 2. The summed E-state index contributed by atoms with van der Waals surface area (Å²) in [5.74, 6) is 3.03.